The van der Waals surface area contributed by atoms with E-state index < -0.39 is 0 Å². The third-order valence-electron chi connectivity index (χ3n) is 5.85. The molecule has 2 saturated heterocycles. The number of nitrogens with zero attached hydrogens (tertiary/aromatic N) is 4. The first kappa shape index (κ1) is 16.5. The Balaban J connectivity index is 1.35. The van der Waals surface area contributed by atoms with Crippen molar-refractivity contribution in [1.29, 1.82) is 0 Å². The number of ether oxygens (including phenoxy) is 1. The highest BCUT2D eigenvalue weighted by molar-refractivity contribution is 4.97. The molecule has 6 nitrogen and oxygen atoms in total. The Bertz CT molecular complexity index is 509. The third kappa shape index (κ3) is 3.98. The van der Waals surface area contributed by atoms with Crippen molar-refractivity contribution < 1.29 is 9.26 Å². The number of morpholine rings is 1. The summed E-state index contributed by atoms with van der Waals surface area (Å²) < 4.78 is 11.0. The molecule has 0 bridgehead atoms. The Morgan fingerprint density at radius 2 is 1.75 bits per heavy atom. The van der Waals surface area contributed by atoms with Gasteiger partial charge >= 0.3 is 0 Å². The van der Waals surface area contributed by atoms with Gasteiger partial charge in [-0.2, -0.15) is 4.98 Å². The first-order valence-electron chi connectivity index (χ1n) is 9.75. The van der Waals surface area contributed by atoms with Crippen LogP contribution in [0.3, 0.4) is 0 Å². The van der Waals surface area contributed by atoms with Crippen LogP contribution in [0.2, 0.25) is 0 Å². The molecule has 1 aromatic heterocycles. The standard InChI is InChI=1S/C18H30N4O2/c1-2-6-15(5-1)18-19-17(20-24-18)14-22-8-4-3-7-16(22)13-21-9-11-23-12-10-21/h15-16H,1-14H2/t16-/m0/s1. The zero-order chi connectivity index (χ0) is 16.2. The van der Waals surface area contributed by atoms with E-state index in [1.807, 2.05) is 0 Å². The number of rotatable bonds is 5. The lowest BCUT2D eigenvalue weighted by Gasteiger charge is -2.39. The van der Waals surface area contributed by atoms with Crippen molar-refractivity contribution in [2.45, 2.75) is 63.5 Å². The number of piperidine rings is 1. The zero-order valence-corrected chi connectivity index (χ0v) is 14.7. The summed E-state index contributed by atoms with van der Waals surface area (Å²) in [7, 11) is 0. The monoisotopic (exact) mass is 334 g/mol. The maximum absolute atomic E-state index is 5.56. The Hall–Kier alpha value is -0.980. The van der Waals surface area contributed by atoms with Crippen LogP contribution in [0.25, 0.3) is 0 Å². The van der Waals surface area contributed by atoms with Crippen LogP contribution in [0.5, 0.6) is 0 Å². The number of hydrogen-bond acceptors (Lipinski definition) is 6. The van der Waals surface area contributed by atoms with Crippen molar-refractivity contribution in [2.24, 2.45) is 0 Å². The lowest BCUT2D eigenvalue weighted by atomic mass is 10.0. The SMILES string of the molecule is C1CCC(c2nc(CN3CCCC[C@H]3CN3CCOCC3)no2)C1. The van der Waals surface area contributed by atoms with Gasteiger partial charge in [0.25, 0.3) is 0 Å². The van der Waals surface area contributed by atoms with E-state index in [2.05, 4.69) is 15.0 Å². The maximum Gasteiger partial charge on any atom is 0.229 e. The van der Waals surface area contributed by atoms with Crippen LogP contribution in [-0.2, 0) is 11.3 Å². The van der Waals surface area contributed by atoms with Crippen LogP contribution in [0, 0.1) is 0 Å². The van der Waals surface area contributed by atoms with E-state index in [0.717, 1.165) is 57.7 Å². The van der Waals surface area contributed by atoms with Crippen LogP contribution >= 0.6 is 0 Å². The molecule has 0 amide bonds. The van der Waals surface area contributed by atoms with Gasteiger partial charge in [-0.25, -0.2) is 0 Å². The molecule has 3 aliphatic rings. The summed E-state index contributed by atoms with van der Waals surface area (Å²) >= 11 is 0. The second kappa shape index (κ2) is 7.93. The minimum Gasteiger partial charge on any atom is -0.379 e. The molecule has 3 fully saturated rings. The van der Waals surface area contributed by atoms with E-state index in [-0.39, 0.29) is 0 Å². The van der Waals surface area contributed by atoms with Crippen molar-refractivity contribution in [3.8, 4) is 0 Å². The van der Waals surface area contributed by atoms with Gasteiger partial charge in [-0.15, -0.1) is 0 Å². The average Bonchev–Trinajstić information content (AvgIpc) is 3.29. The summed E-state index contributed by atoms with van der Waals surface area (Å²) in [5.41, 5.74) is 0. The molecule has 0 unspecified atom stereocenters. The third-order valence-corrected chi connectivity index (χ3v) is 5.85. The molecule has 24 heavy (non-hydrogen) atoms. The summed E-state index contributed by atoms with van der Waals surface area (Å²) in [5, 5.41) is 4.27. The van der Waals surface area contributed by atoms with Crippen LogP contribution in [0.15, 0.2) is 4.52 Å². The normalized spacial score (nSPS) is 27.8. The molecule has 0 aromatic carbocycles. The molecule has 134 valence electrons. The van der Waals surface area contributed by atoms with Crippen LogP contribution in [-0.4, -0.2) is 65.4 Å². The van der Waals surface area contributed by atoms with Crippen molar-refractivity contribution in [1.82, 2.24) is 19.9 Å². The van der Waals surface area contributed by atoms with E-state index >= 15 is 0 Å². The number of likely N-dealkylation sites (tertiary alicyclic amines) is 1. The van der Waals surface area contributed by atoms with Crippen LogP contribution in [0.4, 0.5) is 0 Å². The van der Waals surface area contributed by atoms with Gasteiger partial charge < -0.3 is 9.26 Å². The van der Waals surface area contributed by atoms with Crippen LogP contribution in [0.1, 0.15) is 62.6 Å². The predicted octanol–water partition coefficient (Wildman–Crippen LogP) is 2.41. The van der Waals surface area contributed by atoms with E-state index in [4.69, 9.17) is 14.2 Å². The number of hydrogen-bond donors (Lipinski definition) is 0. The van der Waals surface area contributed by atoms with Crippen molar-refractivity contribution in [3.63, 3.8) is 0 Å². The van der Waals surface area contributed by atoms with Gasteiger partial charge in [-0.1, -0.05) is 24.4 Å². The Kier molecular flexibility index (Phi) is 5.45. The largest absolute Gasteiger partial charge is 0.379 e. The molecule has 1 saturated carbocycles. The molecular formula is C18H30N4O2. The van der Waals surface area contributed by atoms with E-state index in [0.29, 0.717) is 12.0 Å². The molecule has 2 aliphatic heterocycles. The molecule has 3 heterocycles. The van der Waals surface area contributed by atoms with E-state index in [9.17, 15) is 0 Å². The smallest absolute Gasteiger partial charge is 0.229 e. The van der Waals surface area contributed by atoms with Gasteiger partial charge in [0, 0.05) is 31.6 Å². The molecule has 1 aromatic rings. The quantitative estimate of drug-likeness (QED) is 0.824. The summed E-state index contributed by atoms with van der Waals surface area (Å²) in [4.78, 5) is 9.83. The molecular weight excluding hydrogens is 304 g/mol. The summed E-state index contributed by atoms with van der Waals surface area (Å²) in [5.74, 6) is 2.27. The molecule has 0 spiro atoms. The van der Waals surface area contributed by atoms with Gasteiger partial charge in [0.15, 0.2) is 5.82 Å². The fourth-order valence-corrected chi connectivity index (χ4v) is 4.41. The van der Waals surface area contributed by atoms with E-state index in [1.165, 1.54) is 44.9 Å². The van der Waals surface area contributed by atoms with Gasteiger partial charge in [0.2, 0.25) is 5.89 Å². The molecule has 6 heteroatoms. The Morgan fingerprint density at radius 3 is 2.58 bits per heavy atom. The van der Waals surface area contributed by atoms with Gasteiger partial charge in [-0.05, 0) is 32.2 Å². The second-order valence-corrected chi connectivity index (χ2v) is 7.56. The van der Waals surface area contributed by atoms with Crippen molar-refractivity contribution in [2.75, 3.05) is 39.4 Å². The van der Waals surface area contributed by atoms with Crippen molar-refractivity contribution >= 4 is 0 Å². The lowest BCUT2D eigenvalue weighted by Crippen LogP contribution is -2.49. The topological polar surface area (TPSA) is 54.6 Å². The average molecular weight is 334 g/mol. The first-order valence-corrected chi connectivity index (χ1v) is 9.75. The Morgan fingerprint density at radius 1 is 0.958 bits per heavy atom. The fourth-order valence-electron chi connectivity index (χ4n) is 4.41. The first-order chi connectivity index (χ1) is 11.9. The highest BCUT2D eigenvalue weighted by Gasteiger charge is 2.28. The van der Waals surface area contributed by atoms with Gasteiger partial charge in [0.05, 0.1) is 19.8 Å². The zero-order valence-electron chi connectivity index (χ0n) is 14.7. The summed E-state index contributed by atoms with van der Waals surface area (Å²) in [6.07, 6.45) is 8.94. The maximum atomic E-state index is 5.56. The van der Waals surface area contributed by atoms with Gasteiger partial charge in [0.1, 0.15) is 0 Å². The lowest BCUT2D eigenvalue weighted by molar-refractivity contribution is 0.0148. The minimum atomic E-state index is 0.511. The van der Waals surface area contributed by atoms with Crippen LogP contribution < -0.4 is 0 Å². The Labute approximate surface area is 144 Å². The predicted molar refractivity (Wildman–Crippen MR) is 90.8 cm³/mol. The summed E-state index contributed by atoms with van der Waals surface area (Å²) in [6.45, 7) is 7.03. The van der Waals surface area contributed by atoms with Gasteiger partial charge in [-0.3, -0.25) is 9.80 Å². The second-order valence-electron chi connectivity index (χ2n) is 7.56. The number of aromatic nitrogens is 2. The molecule has 1 aliphatic carbocycles. The molecule has 0 N–H and O–H groups in total. The fraction of sp³-hybridized carbons (Fsp3) is 0.889. The highest BCUT2D eigenvalue weighted by Crippen LogP contribution is 2.33. The molecule has 0 radical (unpaired) electrons. The minimum absolute atomic E-state index is 0.511. The molecule has 1 atom stereocenters. The summed E-state index contributed by atoms with van der Waals surface area (Å²) in [6, 6.07) is 0.616. The highest BCUT2D eigenvalue weighted by atomic mass is 16.5. The van der Waals surface area contributed by atoms with E-state index in [1.54, 1.807) is 0 Å². The van der Waals surface area contributed by atoms with Crippen molar-refractivity contribution in [3.05, 3.63) is 11.7 Å². The molecule has 4 rings (SSSR count).